The van der Waals surface area contributed by atoms with Crippen molar-refractivity contribution in [2.45, 2.75) is 37.1 Å². The van der Waals surface area contributed by atoms with Crippen LogP contribution < -0.4 is 4.74 Å². The van der Waals surface area contributed by atoms with E-state index in [-0.39, 0.29) is 30.1 Å². The Balaban J connectivity index is 1.99. The molecule has 1 saturated heterocycles. The molecule has 0 radical (unpaired) electrons. The normalized spacial score (nSPS) is 28.4. The molecule has 9 heteroatoms. The van der Waals surface area contributed by atoms with Crippen LogP contribution in [0.15, 0.2) is 36.4 Å². The van der Waals surface area contributed by atoms with E-state index in [9.17, 15) is 25.2 Å². The molecule has 1 aliphatic heterocycles. The van der Waals surface area contributed by atoms with E-state index < -0.39 is 43.3 Å². The van der Waals surface area contributed by atoms with Gasteiger partial charge in [-0.2, -0.15) is 0 Å². The number of aliphatic hydroxyl groups excluding tert-OH is 4. The Hall–Kier alpha value is -2.17. The van der Waals surface area contributed by atoms with E-state index in [1.54, 1.807) is 0 Å². The Labute approximate surface area is 149 Å². The van der Waals surface area contributed by atoms with Crippen molar-refractivity contribution in [1.29, 1.82) is 0 Å². The van der Waals surface area contributed by atoms with Gasteiger partial charge in [-0.15, -0.1) is 0 Å². The van der Waals surface area contributed by atoms with Gasteiger partial charge in [0, 0.05) is 18.6 Å². The average Bonchev–Trinajstić information content (AvgIpc) is 2.62. The summed E-state index contributed by atoms with van der Waals surface area (Å²) in [5.41, 5.74) is 0.0512. The van der Waals surface area contributed by atoms with Gasteiger partial charge >= 0.3 is 5.97 Å². The van der Waals surface area contributed by atoms with Gasteiger partial charge in [0.15, 0.2) is 0 Å². The van der Waals surface area contributed by atoms with Crippen molar-refractivity contribution in [2.24, 2.45) is 0 Å². The first-order valence-corrected chi connectivity index (χ1v) is 7.94. The molecular weight excluding hydrogens is 348 g/mol. The molecule has 26 heavy (non-hydrogen) atoms. The lowest BCUT2D eigenvalue weighted by molar-refractivity contribution is -0.278. The molecule has 2 rings (SSSR count). The van der Waals surface area contributed by atoms with Crippen LogP contribution in [-0.2, 0) is 14.3 Å². The zero-order chi connectivity index (χ0) is 19.3. The summed E-state index contributed by atoms with van der Waals surface area (Å²) in [4.78, 5) is 11.7. The van der Waals surface area contributed by atoms with Gasteiger partial charge in [-0.3, -0.25) is 0 Å². The molecule has 0 bridgehead atoms. The van der Waals surface area contributed by atoms with Gasteiger partial charge in [-0.25, -0.2) is 4.79 Å². The topological polar surface area (TPSA) is 146 Å². The third-order valence-electron chi connectivity index (χ3n) is 3.84. The minimum Gasteiger partial charge on any atom is -0.508 e. The highest BCUT2D eigenvalue weighted by Gasteiger charge is 2.45. The van der Waals surface area contributed by atoms with Gasteiger partial charge in [0.05, 0.1) is 0 Å². The molecule has 5 unspecified atom stereocenters. The van der Waals surface area contributed by atoms with Crippen LogP contribution in [0.4, 0.5) is 0 Å². The number of carbonyl (C=O) groups is 1. The Bertz CT molecular complexity index is 615. The molecule has 1 fully saturated rings. The van der Waals surface area contributed by atoms with Gasteiger partial charge in [0.25, 0.3) is 0 Å². The Morgan fingerprint density at radius 1 is 1.12 bits per heavy atom. The van der Waals surface area contributed by atoms with E-state index in [0.29, 0.717) is 0 Å². The van der Waals surface area contributed by atoms with E-state index in [1.165, 1.54) is 24.3 Å². The van der Waals surface area contributed by atoms with Crippen LogP contribution in [0, 0.1) is 0 Å². The molecule has 1 heterocycles. The fourth-order valence-electron chi connectivity index (χ4n) is 2.31. The fourth-order valence-corrected chi connectivity index (χ4v) is 2.31. The van der Waals surface area contributed by atoms with Crippen LogP contribution >= 0.6 is 0 Å². The molecule has 5 atom stereocenters. The predicted octanol–water partition coefficient (Wildman–Crippen LogP) is -0.940. The van der Waals surface area contributed by atoms with Crippen molar-refractivity contribution in [3.63, 3.8) is 0 Å². The fraction of sp³-hybridized carbons (Fsp3) is 0.471. The van der Waals surface area contributed by atoms with Crippen LogP contribution in [0.2, 0.25) is 0 Å². The summed E-state index contributed by atoms with van der Waals surface area (Å²) in [7, 11) is 0. The molecule has 9 nitrogen and oxygen atoms in total. The molecule has 144 valence electrons. The van der Waals surface area contributed by atoms with Crippen molar-refractivity contribution < 1.29 is 44.5 Å². The quantitative estimate of drug-likeness (QED) is 0.303. The minimum atomic E-state index is -1.59. The minimum absolute atomic E-state index is 0.0193. The molecule has 5 N–H and O–H groups in total. The van der Waals surface area contributed by atoms with E-state index in [4.69, 9.17) is 19.3 Å². The first-order chi connectivity index (χ1) is 12.3. The van der Waals surface area contributed by atoms with Crippen LogP contribution in [-0.4, -0.2) is 75.4 Å². The maximum Gasteiger partial charge on any atom is 0.333 e. The number of phenols is 1. The van der Waals surface area contributed by atoms with Gasteiger partial charge in [0.2, 0.25) is 6.29 Å². The third-order valence-corrected chi connectivity index (χ3v) is 3.84. The number of hydrogen-bond donors (Lipinski definition) is 5. The zero-order valence-electron chi connectivity index (χ0n) is 13.9. The summed E-state index contributed by atoms with van der Waals surface area (Å²) >= 11 is 0. The molecule has 0 aromatic heterocycles. The summed E-state index contributed by atoms with van der Waals surface area (Å²) < 4.78 is 15.8. The second kappa shape index (κ2) is 8.97. The Kier molecular flexibility index (Phi) is 6.95. The van der Waals surface area contributed by atoms with Crippen LogP contribution in [0.25, 0.3) is 0 Å². The maximum atomic E-state index is 11.7. The maximum absolute atomic E-state index is 11.7. The molecule has 0 spiro atoms. The largest absolute Gasteiger partial charge is 0.508 e. The average molecular weight is 370 g/mol. The summed E-state index contributed by atoms with van der Waals surface area (Å²) in [6.07, 6.45) is -7.08. The summed E-state index contributed by atoms with van der Waals surface area (Å²) in [6, 6.07) is 5.58. The highest BCUT2D eigenvalue weighted by Crippen LogP contribution is 2.25. The summed E-state index contributed by atoms with van der Waals surface area (Å²) in [5, 5.41) is 48.0. The molecule has 0 aliphatic carbocycles. The van der Waals surface area contributed by atoms with Crippen molar-refractivity contribution >= 4 is 5.97 Å². The second-order valence-electron chi connectivity index (χ2n) is 5.80. The highest BCUT2D eigenvalue weighted by molar-refractivity contribution is 5.87. The van der Waals surface area contributed by atoms with Crippen molar-refractivity contribution in [2.75, 3.05) is 13.2 Å². The van der Waals surface area contributed by atoms with Crippen LogP contribution in [0.3, 0.4) is 0 Å². The number of aromatic hydroxyl groups is 1. The smallest absolute Gasteiger partial charge is 0.333 e. The van der Waals surface area contributed by atoms with Crippen molar-refractivity contribution in [3.05, 3.63) is 36.4 Å². The second-order valence-corrected chi connectivity index (χ2v) is 5.80. The first-order valence-electron chi connectivity index (χ1n) is 7.94. The molecule has 1 aromatic carbocycles. The first kappa shape index (κ1) is 20.1. The van der Waals surface area contributed by atoms with Gasteiger partial charge in [-0.05, 0) is 24.3 Å². The lowest BCUT2D eigenvalue weighted by Crippen LogP contribution is -2.60. The van der Waals surface area contributed by atoms with E-state index in [1.807, 2.05) is 0 Å². The van der Waals surface area contributed by atoms with E-state index in [0.717, 1.165) is 0 Å². The third kappa shape index (κ3) is 4.93. The van der Waals surface area contributed by atoms with Crippen molar-refractivity contribution in [3.8, 4) is 11.5 Å². The van der Waals surface area contributed by atoms with Gasteiger partial charge < -0.3 is 39.7 Å². The number of phenolic OH excluding ortho intramolecular Hbond substituents is 1. The number of rotatable bonds is 7. The molecule has 1 aromatic rings. The Morgan fingerprint density at radius 2 is 1.77 bits per heavy atom. The van der Waals surface area contributed by atoms with Crippen LogP contribution in [0.1, 0.15) is 6.42 Å². The van der Waals surface area contributed by atoms with E-state index in [2.05, 4.69) is 6.58 Å². The number of carbonyl (C=O) groups excluding carboxylic acids is 1. The van der Waals surface area contributed by atoms with Gasteiger partial charge in [0.1, 0.15) is 42.5 Å². The highest BCUT2D eigenvalue weighted by atomic mass is 16.7. The molecule has 0 amide bonds. The van der Waals surface area contributed by atoms with Crippen LogP contribution in [0.5, 0.6) is 11.5 Å². The summed E-state index contributed by atoms with van der Waals surface area (Å²) in [5.74, 6) is -0.500. The number of benzene rings is 1. The molecule has 1 aliphatic rings. The Morgan fingerprint density at radius 3 is 2.38 bits per heavy atom. The van der Waals surface area contributed by atoms with Crippen molar-refractivity contribution in [1.82, 2.24) is 0 Å². The lowest BCUT2D eigenvalue weighted by Gasteiger charge is -2.39. The number of ether oxygens (including phenoxy) is 3. The zero-order valence-corrected chi connectivity index (χ0v) is 13.9. The molecular formula is C17H22O9. The SMILES string of the molecule is C=C(CCO)C(=O)OCC1OC(Oc2ccc(O)cc2)C(O)C(O)C1O. The summed E-state index contributed by atoms with van der Waals surface area (Å²) in [6.45, 7) is 2.79. The lowest BCUT2D eigenvalue weighted by atomic mass is 9.99. The number of hydrogen-bond acceptors (Lipinski definition) is 9. The number of aliphatic hydroxyl groups is 4. The predicted molar refractivity (Wildman–Crippen MR) is 87.2 cm³/mol. The monoisotopic (exact) mass is 370 g/mol. The van der Waals surface area contributed by atoms with E-state index >= 15 is 0 Å². The number of esters is 1. The van der Waals surface area contributed by atoms with Gasteiger partial charge in [-0.1, -0.05) is 6.58 Å². The standard InChI is InChI=1S/C17H22O9/c1-9(6-7-18)16(23)24-8-12-13(20)14(21)15(22)17(26-12)25-11-4-2-10(19)3-5-11/h2-5,12-15,17-22H,1,6-8H2. The molecule has 0 saturated carbocycles.